The van der Waals surface area contributed by atoms with Crippen LogP contribution < -0.4 is 5.32 Å². The van der Waals surface area contributed by atoms with Crippen molar-refractivity contribution in [3.63, 3.8) is 0 Å². The summed E-state index contributed by atoms with van der Waals surface area (Å²) in [5.74, 6) is 0. The van der Waals surface area contributed by atoms with E-state index in [4.69, 9.17) is 0 Å². The molecule has 0 unspecified atom stereocenters. The van der Waals surface area contributed by atoms with Gasteiger partial charge in [0.1, 0.15) is 0 Å². The number of halogens is 3. The Morgan fingerprint density at radius 1 is 1.29 bits per heavy atom. The van der Waals surface area contributed by atoms with Gasteiger partial charge in [-0.15, -0.1) is 13.2 Å². The van der Waals surface area contributed by atoms with Crippen LogP contribution in [0.3, 0.4) is 0 Å². The molecule has 0 saturated heterocycles. The Labute approximate surface area is 98.8 Å². The molecular weight excluding hydrogens is 231 g/mol. The van der Waals surface area contributed by atoms with E-state index in [1.165, 1.54) is 11.1 Å². The molecule has 0 aliphatic carbocycles. The zero-order valence-corrected chi connectivity index (χ0v) is 9.90. The van der Waals surface area contributed by atoms with Gasteiger partial charge < -0.3 is 5.32 Å². The number of nitrogens with one attached hydrogen (secondary N) is 1. The van der Waals surface area contributed by atoms with Crippen LogP contribution in [0.25, 0.3) is 0 Å². The maximum absolute atomic E-state index is 11.7. The number of aryl methyl sites for hydroxylation is 2. The third kappa shape index (κ3) is 5.08. The minimum absolute atomic E-state index is 0.131. The molecule has 0 atom stereocenters. The fourth-order valence-electron chi connectivity index (χ4n) is 1.52. The van der Waals surface area contributed by atoms with E-state index in [9.17, 15) is 13.2 Å². The standard InChI is InChI=1S/C12H16F3NO/c1-3-10-8-11(5-4-9(10)2)16-6-7-17-12(13,14)15/h4-5,8,16H,3,6-7H2,1-2H3. The maximum Gasteiger partial charge on any atom is 0.522 e. The Balaban J connectivity index is 2.42. The van der Waals surface area contributed by atoms with E-state index in [1.54, 1.807) is 0 Å². The van der Waals surface area contributed by atoms with E-state index in [0.717, 1.165) is 12.1 Å². The van der Waals surface area contributed by atoms with E-state index < -0.39 is 13.0 Å². The average molecular weight is 247 g/mol. The summed E-state index contributed by atoms with van der Waals surface area (Å²) in [7, 11) is 0. The highest BCUT2D eigenvalue weighted by molar-refractivity contribution is 5.48. The van der Waals surface area contributed by atoms with Crippen molar-refractivity contribution >= 4 is 5.69 Å². The van der Waals surface area contributed by atoms with Crippen LogP contribution in [0.5, 0.6) is 0 Å². The topological polar surface area (TPSA) is 21.3 Å². The number of rotatable bonds is 5. The summed E-state index contributed by atoms with van der Waals surface area (Å²) in [5, 5.41) is 2.89. The van der Waals surface area contributed by atoms with Crippen LogP contribution in [0.2, 0.25) is 0 Å². The highest BCUT2D eigenvalue weighted by Crippen LogP contribution is 2.17. The molecule has 0 spiro atoms. The fraction of sp³-hybridized carbons (Fsp3) is 0.500. The second-order valence-electron chi connectivity index (χ2n) is 3.72. The van der Waals surface area contributed by atoms with Crippen molar-refractivity contribution in [2.45, 2.75) is 26.6 Å². The lowest BCUT2D eigenvalue weighted by molar-refractivity contribution is -0.322. The summed E-state index contributed by atoms with van der Waals surface area (Å²) in [6, 6.07) is 5.75. The van der Waals surface area contributed by atoms with E-state index in [2.05, 4.69) is 10.1 Å². The SMILES string of the molecule is CCc1cc(NCCOC(F)(F)F)ccc1C. The first kappa shape index (κ1) is 13.8. The molecular formula is C12H16F3NO. The monoisotopic (exact) mass is 247 g/mol. The molecule has 17 heavy (non-hydrogen) atoms. The lowest BCUT2D eigenvalue weighted by Crippen LogP contribution is -2.19. The molecule has 96 valence electrons. The average Bonchev–Trinajstić information content (AvgIpc) is 2.25. The lowest BCUT2D eigenvalue weighted by atomic mass is 10.1. The van der Waals surface area contributed by atoms with Gasteiger partial charge in [0.25, 0.3) is 0 Å². The number of alkyl halides is 3. The van der Waals surface area contributed by atoms with Crippen molar-refractivity contribution < 1.29 is 17.9 Å². The quantitative estimate of drug-likeness (QED) is 0.804. The summed E-state index contributed by atoms with van der Waals surface area (Å²) >= 11 is 0. The Kier molecular flexibility index (Phi) is 4.81. The summed E-state index contributed by atoms with van der Waals surface area (Å²) in [6.07, 6.45) is -3.65. The van der Waals surface area contributed by atoms with Crippen LogP contribution in [0.1, 0.15) is 18.1 Å². The first-order valence-electron chi connectivity index (χ1n) is 5.46. The normalized spacial score (nSPS) is 11.6. The van der Waals surface area contributed by atoms with Gasteiger partial charge in [-0.2, -0.15) is 0 Å². The second kappa shape index (κ2) is 5.91. The number of benzene rings is 1. The number of ether oxygens (including phenoxy) is 1. The number of anilines is 1. The molecule has 0 aliphatic heterocycles. The predicted molar refractivity (Wildman–Crippen MR) is 61.1 cm³/mol. The molecule has 0 heterocycles. The molecule has 1 aromatic carbocycles. The molecule has 0 fully saturated rings. The van der Waals surface area contributed by atoms with Crippen molar-refractivity contribution in [1.29, 1.82) is 0 Å². The van der Waals surface area contributed by atoms with Crippen LogP contribution in [0.4, 0.5) is 18.9 Å². The van der Waals surface area contributed by atoms with E-state index in [-0.39, 0.29) is 6.54 Å². The van der Waals surface area contributed by atoms with Gasteiger partial charge in [-0.3, -0.25) is 4.74 Å². The molecule has 5 heteroatoms. The molecule has 2 nitrogen and oxygen atoms in total. The van der Waals surface area contributed by atoms with Gasteiger partial charge in [-0.25, -0.2) is 0 Å². The third-order valence-electron chi connectivity index (χ3n) is 2.43. The third-order valence-corrected chi connectivity index (χ3v) is 2.43. The summed E-state index contributed by atoms with van der Waals surface area (Å²) in [6.45, 7) is 3.79. The minimum Gasteiger partial charge on any atom is -0.383 e. The molecule has 0 saturated carbocycles. The molecule has 1 N–H and O–H groups in total. The zero-order chi connectivity index (χ0) is 12.9. The van der Waals surface area contributed by atoms with Crippen LogP contribution in [0, 0.1) is 6.92 Å². The van der Waals surface area contributed by atoms with Crippen LogP contribution in [-0.4, -0.2) is 19.5 Å². The van der Waals surface area contributed by atoms with Crippen molar-refractivity contribution in [3.05, 3.63) is 29.3 Å². The molecule has 0 bridgehead atoms. The largest absolute Gasteiger partial charge is 0.522 e. The van der Waals surface area contributed by atoms with Gasteiger partial charge in [-0.05, 0) is 36.6 Å². The predicted octanol–water partition coefficient (Wildman–Crippen LogP) is 3.51. The van der Waals surface area contributed by atoms with Crippen molar-refractivity contribution in [2.24, 2.45) is 0 Å². The van der Waals surface area contributed by atoms with Crippen LogP contribution in [0.15, 0.2) is 18.2 Å². The summed E-state index contributed by atoms with van der Waals surface area (Å²) in [5.41, 5.74) is 3.19. The molecule has 0 aliphatic rings. The van der Waals surface area contributed by atoms with Gasteiger partial charge in [0.15, 0.2) is 0 Å². The number of hydrogen-bond donors (Lipinski definition) is 1. The van der Waals surface area contributed by atoms with Gasteiger partial charge in [0.2, 0.25) is 0 Å². The Bertz CT molecular complexity index is 363. The smallest absolute Gasteiger partial charge is 0.383 e. The maximum atomic E-state index is 11.7. The molecule has 0 aromatic heterocycles. The van der Waals surface area contributed by atoms with Crippen molar-refractivity contribution in [3.8, 4) is 0 Å². The minimum atomic E-state index is -4.55. The van der Waals surface area contributed by atoms with E-state index >= 15 is 0 Å². The van der Waals surface area contributed by atoms with Gasteiger partial charge in [0.05, 0.1) is 6.61 Å². The van der Waals surface area contributed by atoms with Crippen LogP contribution >= 0.6 is 0 Å². The first-order chi connectivity index (χ1) is 7.92. The Morgan fingerprint density at radius 2 is 2.00 bits per heavy atom. The van der Waals surface area contributed by atoms with Gasteiger partial charge in [-0.1, -0.05) is 13.0 Å². The summed E-state index contributed by atoms with van der Waals surface area (Å²) < 4.78 is 38.8. The molecule has 0 radical (unpaired) electrons. The Hall–Kier alpha value is -1.23. The zero-order valence-electron chi connectivity index (χ0n) is 9.90. The van der Waals surface area contributed by atoms with E-state index in [1.807, 2.05) is 32.0 Å². The summed E-state index contributed by atoms with van der Waals surface area (Å²) in [4.78, 5) is 0. The van der Waals surface area contributed by atoms with Gasteiger partial charge in [0, 0.05) is 12.2 Å². The first-order valence-corrected chi connectivity index (χ1v) is 5.46. The second-order valence-corrected chi connectivity index (χ2v) is 3.72. The fourth-order valence-corrected chi connectivity index (χ4v) is 1.52. The lowest BCUT2D eigenvalue weighted by Gasteiger charge is -2.11. The molecule has 0 amide bonds. The molecule has 1 aromatic rings. The van der Waals surface area contributed by atoms with E-state index in [0.29, 0.717) is 0 Å². The van der Waals surface area contributed by atoms with Crippen LogP contribution in [-0.2, 0) is 11.2 Å². The highest BCUT2D eigenvalue weighted by Gasteiger charge is 2.28. The van der Waals surface area contributed by atoms with Crippen molar-refractivity contribution in [1.82, 2.24) is 0 Å². The number of hydrogen-bond acceptors (Lipinski definition) is 2. The highest BCUT2D eigenvalue weighted by atomic mass is 19.4. The van der Waals surface area contributed by atoms with Gasteiger partial charge >= 0.3 is 6.36 Å². The Morgan fingerprint density at radius 3 is 2.59 bits per heavy atom. The van der Waals surface area contributed by atoms with Crippen molar-refractivity contribution in [2.75, 3.05) is 18.5 Å². The molecule has 1 rings (SSSR count).